The summed E-state index contributed by atoms with van der Waals surface area (Å²) in [4.78, 5) is 15.9. The first-order chi connectivity index (χ1) is 25.6. The zero-order chi connectivity index (χ0) is 36.9. The summed E-state index contributed by atoms with van der Waals surface area (Å²) in [5, 5.41) is 12.4. The third kappa shape index (κ3) is 6.59. The van der Waals surface area contributed by atoms with E-state index < -0.39 is 17.3 Å². The summed E-state index contributed by atoms with van der Waals surface area (Å²) in [6, 6.07) is 35.5. The molecule has 5 aromatic rings. The lowest BCUT2D eigenvalue weighted by molar-refractivity contribution is -0.279. The van der Waals surface area contributed by atoms with Gasteiger partial charge in [-0.2, -0.15) is 0 Å². The van der Waals surface area contributed by atoms with Crippen LogP contribution < -0.4 is 0 Å². The van der Waals surface area contributed by atoms with Gasteiger partial charge in [-0.1, -0.05) is 129 Å². The molecule has 268 valence electrons. The summed E-state index contributed by atoms with van der Waals surface area (Å²) in [7, 11) is 0. The van der Waals surface area contributed by atoms with Crippen LogP contribution >= 0.6 is 69.6 Å². The SMILES string of the molecule is C[C@H](c1ccccc1)N1C/C(=C\c2ccc(Cl)cc2Cl)[C@]2(ON=C(c3ccc(Cl)cc3)O2)[C@]2(C1)ON=C(c1ccc(Cl)cc1)[C@H]2c1ccc(Cl)cc1Cl. The van der Waals surface area contributed by atoms with E-state index in [1.165, 1.54) is 0 Å². The molecule has 12 heteroatoms. The lowest BCUT2D eigenvalue weighted by Crippen LogP contribution is -2.70. The van der Waals surface area contributed by atoms with E-state index in [9.17, 15) is 0 Å². The van der Waals surface area contributed by atoms with Gasteiger partial charge in [0.1, 0.15) is 0 Å². The Hall–Kier alpha value is -3.72. The maximum Gasteiger partial charge on any atom is 0.346 e. The highest BCUT2D eigenvalue weighted by Crippen LogP contribution is 2.58. The molecule has 4 atom stereocenters. The van der Waals surface area contributed by atoms with Gasteiger partial charge in [-0.3, -0.25) is 4.90 Å². The first kappa shape index (κ1) is 36.3. The maximum absolute atomic E-state index is 7.12. The van der Waals surface area contributed by atoms with Crippen molar-refractivity contribution in [2.45, 2.75) is 30.3 Å². The maximum atomic E-state index is 7.12. The van der Waals surface area contributed by atoms with Crippen LogP contribution in [0.5, 0.6) is 0 Å². The lowest BCUT2D eigenvalue weighted by atomic mass is 9.68. The van der Waals surface area contributed by atoms with E-state index in [2.05, 4.69) is 29.1 Å². The normalized spacial score (nSPS) is 23.8. The smallest absolute Gasteiger partial charge is 0.346 e. The van der Waals surface area contributed by atoms with E-state index in [1.807, 2.05) is 72.8 Å². The van der Waals surface area contributed by atoms with Crippen molar-refractivity contribution in [3.63, 3.8) is 0 Å². The summed E-state index contributed by atoms with van der Waals surface area (Å²) in [6.45, 7) is 2.80. The summed E-state index contributed by atoms with van der Waals surface area (Å²) in [5.41, 5.74) is 3.74. The molecule has 3 aliphatic rings. The van der Waals surface area contributed by atoms with Crippen molar-refractivity contribution in [1.29, 1.82) is 0 Å². The van der Waals surface area contributed by atoms with Gasteiger partial charge in [-0.05, 0) is 95.5 Å². The quantitative estimate of drug-likeness (QED) is 0.171. The van der Waals surface area contributed by atoms with Gasteiger partial charge >= 0.3 is 5.79 Å². The van der Waals surface area contributed by atoms with Crippen LogP contribution in [0.15, 0.2) is 131 Å². The van der Waals surface area contributed by atoms with E-state index in [-0.39, 0.29) is 18.5 Å². The number of oxime groups is 2. The molecule has 0 aliphatic carbocycles. The Morgan fingerprint density at radius 2 is 1.32 bits per heavy atom. The number of halogens is 6. The zero-order valence-corrected chi connectivity index (χ0v) is 32.5. The Morgan fingerprint density at radius 3 is 1.98 bits per heavy atom. The first-order valence-electron chi connectivity index (χ1n) is 16.7. The molecule has 0 saturated carbocycles. The largest absolute Gasteiger partial charge is 0.422 e. The second-order valence-corrected chi connectivity index (χ2v) is 15.7. The number of piperidine rings is 1. The Labute approximate surface area is 337 Å². The third-order valence-electron chi connectivity index (χ3n) is 9.96. The van der Waals surface area contributed by atoms with Gasteiger partial charge in [-0.25, -0.2) is 0 Å². The fourth-order valence-corrected chi connectivity index (χ4v) is 8.52. The van der Waals surface area contributed by atoms with Crippen molar-refractivity contribution in [2.75, 3.05) is 13.1 Å². The van der Waals surface area contributed by atoms with Crippen LogP contribution in [0.1, 0.15) is 46.7 Å². The summed E-state index contributed by atoms with van der Waals surface area (Å²) in [5.74, 6) is -2.16. The minimum atomic E-state index is -1.71. The van der Waals surface area contributed by atoms with E-state index >= 15 is 0 Å². The summed E-state index contributed by atoms with van der Waals surface area (Å²) < 4.78 is 7.09. The predicted molar refractivity (Wildman–Crippen MR) is 215 cm³/mol. The van der Waals surface area contributed by atoms with E-state index in [4.69, 9.17) is 89.2 Å². The molecule has 0 unspecified atom stereocenters. The molecule has 0 amide bonds. The van der Waals surface area contributed by atoms with Gasteiger partial charge in [0.2, 0.25) is 5.60 Å². The number of likely N-dealkylation sites (tertiary alicyclic amines) is 1. The van der Waals surface area contributed by atoms with Crippen LogP contribution in [0.4, 0.5) is 0 Å². The molecule has 0 radical (unpaired) electrons. The van der Waals surface area contributed by atoms with Crippen LogP contribution in [0.3, 0.4) is 0 Å². The second-order valence-electron chi connectivity index (χ2n) is 13.1. The van der Waals surface area contributed by atoms with Crippen LogP contribution in [-0.4, -0.2) is 41.0 Å². The molecule has 0 bridgehead atoms. The second kappa shape index (κ2) is 14.5. The minimum Gasteiger partial charge on any atom is -0.422 e. The minimum absolute atomic E-state index is 0.0999. The van der Waals surface area contributed by atoms with E-state index in [0.29, 0.717) is 64.7 Å². The Balaban J connectivity index is 1.39. The van der Waals surface area contributed by atoms with Crippen molar-refractivity contribution < 1.29 is 14.4 Å². The average molecular weight is 824 g/mol. The lowest BCUT2D eigenvalue weighted by Gasteiger charge is -2.52. The Morgan fingerprint density at radius 1 is 0.698 bits per heavy atom. The van der Waals surface area contributed by atoms with Gasteiger partial charge in [0.05, 0.1) is 18.2 Å². The highest BCUT2D eigenvalue weighted by Gasteiger charge is 2.74. The molecule has 0 aromatic heterocycles. The number of hydrogen-bond donors (Lipinski definition) is 0. The number of hydrogen-bond acceptors (Lipinski definition) is 6. The van der Waals surface area contributed by atoms with Crippen molar-refractivity contribution in [3.8, 4) is 0 Å². The number of benzene rings is 5. The van der Waals surface area contributed by atoms with Gasteiger partial charge in [0, 0.05) is 59.4 Å². The number of fused-ring (bicyclic) bond motifs is 1. The molecule has 1 saturated heterocycles. The number of rotatable bonds is 6. The molecule has 5 aromatic carbocycles. The molecule has 3 aliphatic heterocycles. The highest BCUT2D eigenvalue weighted by atomic mass is 35.5. The molecule has 53 heavy (non-hydrogen) atoms. The highest BCUT2D eigenvalue weighted by molar-refractivity contribution is 6.36. The average Bonchev–Trinajstić information content (AvgIpc) is 3.76. The molecule has 6 nitrogen and oxygen atoms in total. The van der Waals surface area contributed by atoms with Crippen LogP contribution in [0.25, 0.3) is 6.08 Å². The van der Waals surface area contributed by atoms with Crippen molar-refractivity contribution >= 4 is 87.3 Å². The zero-order valence-electron chi connectivity index (χ0n) is 28.0. The molecule has 1 fully saturated rings. The molecule has 0 N–H and O–H groups in total. The van der Waals surface area contributed by atoms with Crippen molar-refractivity contribution in [3.05, 3.63) is 179 Å². The summed E-state index contributed by atoms with van der Waals surface area (Å²) in [6.07, 6.45) is 1.95. The van der Waals surface area contributed by atoms with Gasteiger partial charge in [0.25, 0.3) is 5.90 Å². The van der Waals surface area contributed by atoms with E-state index in [0.717, 1.165) is 11.1 Å². The molecular formula is C41H29Cl6N3O3. The standard InChI is InChI=1S/C41H29Cl6N3O3/c1-24(25-5-3-2-4-6-25)50-22-29(19-28-11-16-32(44)20-35(28)46)41(51-39(49-53-41)27-9-14-31(43)15-10-27)40(23-50)37(34-18-17-33(45)21-36(34)47)38(48-52-40)26-7-12-30(42)13-8-26/h2-21,24,37H,22-23H2,1H3/b29-19+/t24-,37-,40-,41+/m1/s1. The third-order valence-corrected chi connectivity index (χ3v) is 11.6. The van der Waals surface area contributed by atoms with E-state index in [1.54, 1.807) is 36.4 Å². The molecule has 3 heterocycles. The molecule has 8 rings (SSSR count). The monoisotopic (exact) mass is 821 g/mol. The molecule has 2 spiro atoms. The van der Waals surface area contributed by atoms with Gasteiger partial charge in [-0.15, -0.1) is 0 Å². The van der Waals surface area contributed by atoms with Crippen molar-refractivity contribution in [1.82, 2.24) is 4.90 Å². The molecular weight excluding hydrogens is 795 g/mol. The topological polar surface area (TPSA) is 55.7 Å². The summed E-state index contributed by atoms with van der Waals surface area (Å²) >= 11 is 39.4. The van der Waals surface area contributed by atoms with Gasteiger partial charge in [0.15, 0.2) is 0 Å². The van der Waals surface area contributed by atoms with Crippen LogP contribution in [0, 0.1) is 0 Å². The first-order valence-corrected chi connectivity index (χ1v) is 19.0. The fourth-order valence-electron chi connectivity index (χ4n) is 7.29. The van der Waals surface area contributed by atoms with Crippen molar-refractivity contribution in [2.24, 2.45) is 10.3 Å². The number of ether oxygens (including phenoxy) is 1. The fraction of sp³-hybridized carbons (Fsp3) is 0.171. The Bertz CT molecular complexity index is 2280. The predicted octanol–water partition coefficient (Wildman–Crippen LogP) is 12.1. The van der Waals surface area contributed by atoms with Gasteiger partial charge < -0.3 is 14.4 Å². The van der Waals surface area contributed by atoms with Crippen LogP contribution in [-0.2, 0) is 14.4 Å². The van der Waals surface area contributed by atoms with Crippen LogP contribution in [0.2, 0.25) is 30.1 Å². The number of nitrogens with zero attached hydrogens (tertiary/aromatic N) is 3. The Kier molecular flexibility index (Phi) is 9.92.